The summed E-state index contributed by atoms with van der Waals surface area (Å²) in [6.45, 7) is 5.59. The normalized spacial score (nSPS) is 11.4. The second-order valence-corrected chi connectivity index (χ2v) is 7.90. The Kier molecular flexibility index (Phi) is 5.93. The summed E-state index contributed by atoms with van der Waals surface area (Å²) >= 11 is 0. The van der Waals surface area contributed by atoms with Gasteiger partial charge in [0, 0.05) is 36.3 Å². The summed E-state index contributed by atoms with van der Waals surface area (Å²) in [5.41, 5.74) is 3.06. The average molecular weight is 447 g/mol. The lowest BCUT2D eigenvalue weighted by Crippen LogP contribution is -2.28. The summed E-state index contributed by atoms with van der Waals surface area (Å²) in [7, 11) is 1.58. The average Bonchev–Trinajstić information content (AvgIpc) is 3.20. The number of carbonyl (C=O) groups is 1. The summed E-state index contributed by atoms with van der Waals surface area (Å²) in [6.07, 6.45) is 4.99. The summed E-state index contributed by atoms with van der Waals surface area (Å²) in [5, 5.41) is 15.5. The molecule has 33 heavy (non-hydrogen) atoms. The third-order valence-corrected chi connectivity index (χ3v) is 4.94. The number of aromatic amines is 1. The van der Waals surface area contributed by atoms with Crippen LogP contribution < -0.4 is 15.4 Å². The fourth-order valence-electron chi connectivity index (χ4n) is 3.39. The van der Waals surface area contributed by atoms with Crippen molar-refractivity contribution < 1.29 is 14.6 Å². The van der Waals surface area contributed by atoms with Crippen LogP contribution in [0, 0.1) is 0 Å². The molecule has 0 saturated carbocycles. The van der Waals surface area contributed by atoms with Gasteiger partial charge < -0.3 is 20.1 Å². The zero-order valence-electron chi connectivity index (χ0n) is 18.8. The number of imidazole rings is 1. The Labute approximate surface area is 190 Å². The van der Waals surface area contributed by atoms with Crippen molar-refractivity contribution in [1.29, 1.82) is 0 Å². The molecule has 0 saturated heterocycles. The van der Waals surface area contributed by atoms with Gasteiger partial charge in [0.25, 0.3) is 0 Å². The van der Waals surface area contributed by atoms with Crippen molar-refractivity contribution in [3.05, 3.63) is 48.7 Å². The van der Waals surface area contributed by atoms with E-state index in [9.17, 15) is 9.90 Å². The third kappa shape index (κ3) is 4.60. The zero-order valence-corrected chi connectivity index (χ0v) is 18.8. The molecule has 0 spiro atoms. The number of nitrogens with zero attached hydrogens (tertiary/aromatic N) is 4. The second kappa shape index (κ2) is 8.83. The standard InChI is InChI=1S/C23H25N7O3/c1-5-24-22(31)30-21-28-16-10-13(14-11-26-20(27-12-14)23(2,3)32)9-15(18(16)29-21)19-17(33-4)7-6-8-25-19/h6-12,32H,5H2,1-4H3,(H3,24,28,29,30,31). The molecule has 0 aliphatic carbocycles. The van der Waals surface area contributed by atoms with Crippen molar-refractivity contribution in [3.8, 4) is 28.1 Å². The Hall–Kier alpha value is -4.05. The van der Waals surface area contributed by atoms with Crippen molar-refractivity contribution in [3.63, 3.8) is 0 Å². The number of carbonyl (C=O) groups excluding carboxylic acids is 1. The first-order valence-electron chi connectivity index (χ1n) is 10.4. The van der Waals surface area contributed by atoms with E-state index in [1.54, 1.807) is 45.6 Å². The van der Waals surface area contributed by atoms with Crippen LogP contribution in [0.15, 0.2) is 42.9 Å². The lowest BCUT2D eigenvalue weighted by atomic mass is 10.0. The number of anilines is 1. The Bertz CT molecular complexity index is 1290. The molecule has 0 fully saturated rings. The van der Waals surface area contributed by atoms with Crippen molar-refractivity contribution in [2.75, 3.05) is 19.0 Å². The number of hydrogen-bond donors (Lipinski definition) is 4. The first-order valence-corrected chi connectivity index (χ1v) is 10.4. The minimum Gasteiger partial charge on any atom is -0.494 e. The van der Waals surface area contributed by atoms with Gasteiger partial charge in [0.2, 0.25) is 5.95 Å². The van der Waals surface area contributed by atoms with Crippen LogP contribution in [0.2, 0.25) is 0 Å². The minimum atomic E-state index is -1.14. The number of rotatable bonds is 6. The lowest BCUT2D eigenvalue weighted by Gasteiger charge is -2.15. The van der Waals surface area contributed by atoms with Crippen molar-refractivity contribution in [1.82, 2.24) is 30.2 Å². The molecule has 4 aromatic rings. The first-order chi connectivity index (χ1) is 15.8. The number of H-pyrrole nitrogens is 1. The van der Waals surface area contributed by atoms with Crippen LogP contribution in [0.4, 0.5) is 10.7 Å². The maximum absolute atomic E-state index is 12.0. The smallest absolute Gasteiger partial charge is 0.321 e. The molecule has 0 atom stereocenters. The van der Waals surface area contributed by atoms with E-state index in [0.29, 0.717) is 40.8 Å². The predicted octanol–water partition coefficient (Wildman–Crippen LogP) is 3.46. The number of aromatic nitrogens is 5. The van der Waals surface area contributed by atoms with E-state index in [-0.39, 0.29) is 6.03 Å². The van der Waals surface area contributed by atoms with Gasteiger partial charge in [-0.15, -0.1) is 0 Å². The minimum absolute atomic E-state index is 0.304. The fraction of sp³-hybridized carbons (Fsp3) is 0.261. The lowest BCUT2D eigenvalue weighted by molar-refractivity contribution is 0.0687. The molecule has 0 aliphatic rings. The summed E-state index contributed by atoms with van der Waals surface area (Å²) in [4.78, 5) is 32.8. The van der Waals surface area contributed by atoms with Gasteiger partial charge in [0.15, 0.2) is 5.82 Å². The van der Waals surface area contributed by atoms with E-state index in [1.165, 1.54) is 0 Å². The number of hydrogen-bond acceptors (Lipinski definition) is 7. The van der Waals surface area contributed by atoms with Crippen LogP contribution in [0.1, 0.15) is 26.6 Å². The van der Waals surface area contributed by atoms with Gasteiger partial charge in [-0.05, 0) is 50.6 Å². The summed E-state index contributed by atoms with van der Waals surface area (Å²) in [6, 6.07) is 7.07. The van der Waals surface area contributed by atoms with Gasteiger partial charge in [0.05, 0.1) is 18.1 Å². The number of amides is 2. The largest absolute Gasteiger partial charge is 0.494 e. The molecule has 0 bridgehead atoms. The van der Waals surface area contributed by atoms with E-state index in [0.717, 1.165) is 16.7 Å². The molecule has 3 heterocycles. The highest BCUT2D eigenvalue weighted by Crippen LogP contribution is 2.36. The molecule has 0 unspecified atom stereocenters. The Morgan fingerprint density at radius 2 is 1.94 bits per heavy atom. The number of nitrogens with one attached hydrogen (secondary N) is 3. The monoisotopic (exact) mass is 447 g/mol. The molecule has 1 aromatic carbocycles. The zero-order chi connectivity index (χ0) is 23.6. The van der Waals surface area contributed by atoms with E-state index in [2.05, 4.69) is 35.6 Å². The van der Waals surface area contributed by atoms with E-state index in [1.807, 2.05) is 25.1 Å². The molecule has 4 rings (SSSR count). The van der Waals surface area contributed by atoms with Gasteiger partial charge >= 0.3 is 6.03 Å². The van der Waals surface area contributed by atoms with Gasteiger partial charge in [-0.2, -0.15) is 0 Å². The molecule has 3 aromatic heterocycles. The molecule has 170 valence electrons. The highest BCUT2D eigenvalue weighted by molar-refractivity contribution is 5.98. The Balaban J connectivity index is 1.87. The van der Waals surface area contributed by atoms with Crippen LogP contribution in [-0.4, -0.2) is 49.7 Å². The molecule has 0 aliphatic heterocycles. The quantitative estimate of drug-likeness (QED) is 0.355. The summed E-state index contributed by atoms with van der Waals surface area (Å²) < 4.78 is 5.52. The molecular formula is C23H25N7O3. The van der Waals surface area contributed by atoms with Crippen LogP contribution in [0.5, 0.6) is 5.75 Å². The molecule has 4 N–H and O–H groups in total. The van der Waals surface area contributed by atoms with Crippen LogP contribution in [0.3, 0.4) is 0 Å². The van der Waals surface area contributed by atoms with Gasteiger partial charge in [0.1, 0.15) is 17.0 Å². The fourth-order valence-corrected chi connectivity index (χ4v) is 3.39. The number of urea groups is 1. The Morgan fingerprint density at radius 1 is 1.18 bits per heavy atom. The van der Waals surface area contributed by atoms with Crippen LogP contribution in [0.25, 0.3) is 33.4 Å². The first kappa shape index (κ1) is 22.2. The number of aliphatic hydroxyl groups is 1. The van der Waals surface area contributed by atoms with Crippen LogP contribution >= 0.6 is 0 Å². The maximum Gasteiger partial charge on any atom is 0.321 e. The van der Waals surface area contributed by atoms with E-state index >= 15 is 0 Å². The second-order valence-electron chi connectivity index (χ2n) is 7.90. The Morgan fingerprint density at radius 3 is 2.61 bits per heavy atom. The number of benzene rings is 1. The van der Waals surface area contributed by atoms with E-state index in [4.69, 9.17) is 4.74 Å². The SMILES string of the molecule is CCNC(=O)Nc1nc2cc(-c3cnc(C(C)(C)O)nc3)cc(-c3ncccc3OC)c2[nH]1. The van der Waals surface area contributed by atoms with Crippen LogP contribution in [-0.2, 0) is 5.60 Å². The van der Waals surface area contributed by atoms with Gasteiger partial charge in [-0.3, -0.25) is 10.3 Å². The molecule has 2 amide bonds. The number of ether oxygens (including phenoxy) is 1. The molecule has 10 heteroatoms. The third-order valence-electron chi connectivity index (χ3n) is 4.94. The number of pyridine rings is 1. The topological polar surface area (TPSA) is 138 Å². The molecular weight excluding hydrogens is 422 g/mol. The highest BCUT2D eigenvalue weighted by atomic mass is 16.5. The van der Waals surface area contributed by atoms with Crippen molar-refractivity contribution in [2.45, 2.75) is 26.4 Å². The number of methoxy groups -OCH3 is 1. The summed E-state index contributed by atoms with van der Waals surface area (Å²) in [5.74, 6) is 1.22. The van der Waals surface area contributed by atoms with E-state index < -0.39 is 5.60 Å². The van der Waals surface area contributed by atoms with Crippen molar-refractivity contribution in [2.24, 2.45) is 0 Å². The number of fused-ring (bicyclic) bond motifs is 1. The molecule has 0 radical (unpaired) electrons. The van der Waals surface area contributed by atoms with Crippen molar-refractivity contribution >= 4 is 23.0 Å². The predicted molar refractivity (Wildman–Crippen MR) is 125 cm³/mol. The molecule has 10 nitrogen and oxygen atoms in total. The van der Waals surface area contributed by atoms with Gasteiger partial charge in [-0.25, -0.2) is 19.7 Å². The van der Waals surface area contributed by atoms with Gasteiger partial charge in [-0.1, -0.05) is 0 Å². The maximum atomic E-state index is 12.0. The highest BCUT2D eigenvalue weighted by Gasteiger charge is 2.20.